The molecule has 10 heteroatoms. The lowest BCUT2D eigenvalue weighted by Crippen LogP contribution is -2.29. The topological polar surface area (TPSA) is 84.1 Å². The predicted octanol–water partition coefficient (Wildman–Crippen LogP) is 1.52. The van der Waals surface area contributed by atoms with E-state index in [1.165, 1.54) is 13.3 Å². The minimum absolute atomic E-state index is 0.0753. The van der Waals surface area contributed by atoms with Gasteiger partial charge in [0.15, 0.2) is 6.61 Å². The van der Waals surface area contributed by atoms with Crippen LogP contribution in [0, 0.1) is 6.92 Å². The summed E-state index contributed by atoms with van der Waals surface area (Å²) in [6, 6.07) is 0. The number of nitrogens with zero attached hydrogens (tertiary/aromatic N) is 1. The Morgan fingerprint density at radius 3 is 2.85 bits per heavy atom. The smallest absolute Gasteiger partial charge is 0.313 e. The van der Waals surface area contributed by atoms with E-state index in [1.54, 1.807) is 5.48 Å². The molecule has 0 fully saturated rings. The molecule has 20 heavy (non-hydrogen) atoms. The number of rotatable bonds is 3. The van der Waals surface area contributed by atoms with Crippen molar-refractivity contribution in [2.75, 3.05) is 6.61 Å². The summed E-state index contributed by atoms with van der Waals surface area (Å²) in [6.07, 6.45) is -3.36. The van der Waals surface area contributed by atoms with Crippen molar-refractivity contribution in [3.8, 4) is 0 Å². The Morgan fingerprint density at radius 2 is 2.25 bits per heavy atom. The molecular formula is C10H8F3N3O3S. The molecule has 2 rings (SSSR count). The minimum atomic E-state index is -4.54. The second-order valence-corrected chi connectivity index (χ2v) is 4.80. The maximum atomic E-state index is 11.9. The summed E-state index contributed by atoms with van der Waals surface area (Å²) < 4.78 is 35.6. The maximum Gasteiger partial charge on any atom is 0.414 e. The van der Waals surface area contributed by atoms with Crippen molar-refractivity contribution in [2.24, 2.45) is 0 Å². The van der Waals surface area contributed by atoms with E-state index in [2.05, 4.69) is 14.8 Å². The second-order valence-electron chi connectivity index (χ2n) is 3.80. The molecule has 108 valence electrons. The predicted molar refractivity (Wildman–Crippen MR) is 64.5 cm³/mol. The quantitative estimate of drug-likeness (QED) is 0.842. The van der Waals surface area contributed by atoms with Gasteiger partial charge in [-0.3, -0.25) is 14.4 Å². The number of hydroxylamine groups is 1. The number of alkyl halides is 3. The first-order chi connectivity index (χ1) is 9.29. The first-order valence-electron chi connectivity index (χ1n) is 5.25. The van der Waals surface area contributed by atoms with Crippen LogP contribution >= 0.6 is 11.3 Å². The van der Waals surface area contributed by atoms with E-state index >= 15 is 0 Å². The van der Waals surface area contributed by atoms with E-state index in [0.717, 1.165) is 11.3 Å². The van der Waals surface area contributed by atoms with Crippen molar-refractivity contribution in [1.82, 2.24) is 15.4 Å². The number of nitrogens with one attached hydrogen (secondary N) is 2. The molecule has 2 heterocycles. The standard InChI is InChI=1S/C10H8F3N3O3S/c1-4-5-7(17)14-3-15-9(5)20-6(4)8(18)16-19-2-10(11,12)13/h3H,2H2,1H3,(H,16,18)(H,14,15,17). The van der Waals surface area contributed by atoms with E-state index in [4.69, 9.17) is 0 Å². The van der Waals surface area contributed by atoms with Gasteiger partial charge in [0.1, 0.15) is 4.83 Å². The summed E-state index contributed by atoms with van der Waals surface area (Å²) in [5.41, 5.74) is 1.61. The average molecular weight is 307 g/mol. The molecule has 0 aliphatic rings. The van der Waals surface area contributed by atoms with Crippen LogP contribution in [-0.4, -0.2) is 28.7 Å². The molecule has 0 unspecified atom stereocenters. The molecule has 1 amide bonds. The molecule has 2 aromatic heterocycles. The third kappa shape index (κ3) is 2.96. The fourth-order valence-corrected chi connectivity index (χ4v) is 2.56. The molecule has 6 nitrogen and oxygen atoms in total. The number of aryl methyl sites for hydroxylation is 1. The minimum Gasteiger partial charge on any atom is -0.313 e. The van der Waals surface area contributed by atoms with Crippen molar-refractivity contribution < 1.29 is 22.8 Å². The number of hydrogen-bond donors (Lipinski definition) is 2. The van der Waals surface area contributed by atoms with Gasteiger partial charge in [-0.05, 0) is 12.5 Å². The molecular weight excluding hydrogens is 299 g/mol. The van der Waals surface area contributed by atoms with Crippen LogP contribution < -0.4 is 11.0 Å². The maximum absolute atomic E-state index is 11.9. The van der Waals surface area contributed by atoms with Crippen molar-refractivity contribution in [1.29, 1.82) is 0 Å². The van der Waals surface area contributed by atoms with Crippen molar-refractivity contribution in [3.05, 3.63) is 27.1 Å². The van der Waals surface area contributed by atoms with E-state index in [0.29, 0.717) is 10.4 Å². The monoisotopic (exact) mass is 307 g/mol. The molecule has 0 aliphatic heterocycles. The summed E-state index contributed by atoms with van der Waals surface area (Å²) in [7, 11) is 0. The zero-order chi connectivity index (χ0) is 14.9. The van der Waals surface area contributed by atoms with Crippen molar-refractivity contribution in [2.45, 2.75) is 13.1 Å². The highest BCUT2D eigenvalue weighted by atomic mass is 32.1. The molecule has 0 aromatic carbocycles. The van der Waals surface area contributed by atoms with E-state index in [1.807, 2.05) is 0 Å². The number of aromatic nitrogens is 2. The van der Waals surface area contributed by atoms with Crippen LogP contribution in [-0.2, 0) is 4.84 Å². The van der Waals surface area contributed by atoms with Crippen molar-refractivity contribution >= 4 is 27.5 Å². The summed E-state index contributed by atoms with van der Waals surface area (Å²) in [5.74, 6) is -0.853. The van der Waals surface area contributed by atoms with Gasteiger partial charge in [-0.15, -0.1) is 11.3 Å². The fourth-order valence-electron chi connectivity index (χ4n) is 1.52. The van der Waals surface area contributed by atoms with E-state index < -0.39 is 24.2 Å². The third-order valence-corrected chi connectivity index (χ3v) is 3.54. The molecule has 0 bridgehead atoms. The molecule has 2 aromatic rings. The number of thiophene rings is 1. The Labute approximate surface area is 113 Å². The van der Waals surface area contributed by atoms with Crippen LogP contribution in [0.2, 0.25) is 0 Å². The Bertz CT molecular complexity index is 707. The zero-order valence-corrected chi connectivity index (χ0v) is 10.8. The van der Waals surface area contributed by atoms with Gasteiger partial charge in [-0.2, -0.15) is 13.2 Å². The van der Waals surface area contributed by atoms with Crippen LogP contribution in [0.4, 0.5) is 13.2 Å². The van der Waals surface area contributed by atoms with Crippen LogP contribution in [0.1, 0.15) is 15.2 Å². The Kier molecular flexibility index (Phi) is 3.77. The number of carbonyl (C=O) groups excluding carboxylic acids is 1. The Hall–Kier alpha value is -1.94. The van der Waals surface area contributed by atoms with E-state index in [9.17, 15) is 22.8 Å². The van der Waals surface area contributed by atoms with Crippen molar-refractivity contribution in [3.63, 3.8) is 0 Å². The number of amides is 1. The molecule has 0 radical (unpaired) electrons. The van der Waals surface area contributed by atoms with Crippen LogP contribution in [0.3, 0.4) is 0 Å². The summed E-state index contributed by atoms with van der Waals surface area (Å²) in [5, 5.41) is 0.235. The van der Waals surface area contributed by atoms with Gasteiger partial charge in [0.05, 0.1) is 16.6 Å². The highest BCUT2D eigenvalue weighted by Gasteiger charge is 2.28. The Morgan fingerprint density at radius 1 is 1.55 bits per heavy atom. The fraction of sp³-hybridized carbons (Fsp3) is 0.300. The number of halogens is 3. The van der Waals surface area contributed by atoms with E-state index in [-0.39, 0.29) is 10.3 Å². The van der Waals surface area contributed by atoms with Crippen LogP contribution in [0.25, 0.3) is 10.2 Å². The third-order valence-electron chi connectivity index (χ3n) is 2.34. The van der Waals surface area contributed by atoms with Gasteiger partial charge in [-0.1, -0.05) is 0 Å². The lowest BCUT2D eigenvalue weighted by molar-refractivity contribution is -0.184. The molecule has 0 saturated carbocycles. The van der Waals surface area contributed by atoms with Gasteiger partial charge in [-0.25, -0.2) is 10.5 Å². The van der Waals surface area contributed by atoms with Gasteiger partial charge in [0.25, 0.3) is 11.5 Å². The van der Waals surface area contributed by atoms with Gasteiger partial charge >= 0.3 is 6.18 Å². The largest absolute Gasteiger partial charge is 0.414 e. The molecule has 0 saturated heterocycles. The molecule has 0 aliphatic carbocycles. The zero-order valence-electron chi connectivity index (χ0n) is 10.00. The highest BCUT2D eigenvalue weighted by molar-refractivity contribution is 7.20. The highest BCUT2D eigenvalue weighted by Crippen LogP contribution is 2.26. The van der Waals surface area contributed by atoms with Gasteiger partial charge in [0, 0.05) is 0 Å². The first kappa shape index (κ1) is 14.5. The normalized spacial score (nSPS) is 11.8. The van der Waals surface area contributed by atoms with Crippen LogP contribution in [0.5, 0.6) is 0 Å². The Balaban J connectivity index is 2.21. The summed E-state index contributed by atoms with van der Waals surface area (Å²) in [6.45, 7) is -0.0874. The molecule has 2 N–H and O–H groups in total. The SMILES string of the molecule is Cc1c(C(=O)NOCC(F)(F)F)sc2nc[nH]c(=O)c12. The number of carbonyl (C=O) groups is 1. The second kappa shape index (κ2) is 5.21. The first-order valence-corrected chi connectivity index (χ1v) is 6.07. The van der Waals surface area contributed by atoms with Gasteiger partial charge < -0.3 is 4.98 Å². The van der Waals surface area contributed by atoms with Gasteiger partial charge in [0.2, 0.25) is 0 Å². The van der Waals surface area contributed by atoms with Crippen LogP contribution in [0.15, 0.2) is 11.1 Å². The lowest BCUT2D eigenvalue weighted by atomic mass is 10.2. The number of aromatic amines is 1. The summed E-state index contributed by atoms with van der Waals surface area (Å²) in [4.78, 5) is 34.0. The molecule has 0 spiro atoms. The number of fused-ring (bicyclic) bond motifs is 1. The summed E-state index contributed by atoms with van der Waals surface area (Å²) >= 11 is 0.900. The lowest BCUT2D eigenvalue weighted by Gasteiger charge is -2.07. The number of H-pyrrole nitrogens is 1. The average Bonchev–Trinajstić information content (AvgIpc) is 2.66. The molecule has 0 atom stereocenters. The number of hydrogen-bond acceptors (Lipinski definition) is 5.